The number of benzene rings is 1. The van der Waals surface area contributed by atoms with Crippen molar-refractivity contribution >= 4 is 5.69 Å². The first-order valence-electron chi connectivity index (χ1n) is 5.10. The molecular weight excluding hydrogens is 186 g/mol. The van der Waals surface area contributed by atoms with Crippen molar-refractivity contribution in [3.05, 3.63) is 41.5 Å². The highest BCUT2D eigenvalue weighted by Crippen LogP contribution is 2.18. The summed E-state index contributed by atoms with van der Waals surface area (Å²) in [5, 5.41) is 9.07. The summed E-state index contributed by atoms with van der Waals surface area (Å²) in [6.45, 7) is 8.90. The van der Waals surface area contributed by atoms with E-state index in [1.54, 1.807) is 0 Å². The van der Waals surface area contributed by atoms with E-state index < -0.39 is 0 Å². The Bertz CT molecular complexity index is 358. The molecule has 0 amide bonds. The molecule has 2 heteroatoms. The van der Waals surface area contributed by atoms with Gasteiger partial charge in [0.1, 0.15) is 0 Å². The molecule has 0 bridgehead atoms. The summed E-state index contributed by atoms with van der Waals surface area (Å²) in [6.07, 6.45) is 0. The topological polar surface area (TPSA) is 23.5 Å². The summed E-state index contributed by atoms with van der Waals surface area (Å²) >= 11 is 0. The lowest BCUT2D eigenvalue weighted by Crippen LogP contribution is -2.19. The molecule has 0 spiro atoms. The number of nitrogens with zero attached hydrogens (tertiary/aromatic N) is 1. The lowest BCUT2D eigenvalue weighted by atomic mass is 10.1. The van der Waals surface area contributed by atoms with Gasteiger partial charge in [-0.2, -0.15) is 0 Å². The van der Waals surface area contributed by atoms with Crippen LogP contribution in [-0.2, 0) is 6.61 Å². The molecule has 0 fully saturated rings. The molecule has 1 aromatic carbocycles. The molecule has 0 aliphatic rings. The molecule has 0 aliphatic carbocycles. The lowest BCUT2D eigenvalue weighted by Gasteiger charge is -2.20. The number of hydrogen-bond acceptors (Lipinski definition) is 2. The zero-order chi connectivity index (χ0) is 11.4. The van der Waals surface area contributed by atoms with E-state index in [0.29, 0.717) is 0 Å². The van der Waals surface area contributed by atoms with E-state index in [9.17, 15) is 0 Å². The van der Waals surface area contributed by atoms with E-state index >= 15 is 0 Å². The van der Waals surface area contributed by atoms with Crippen molar-refractivity contribution in [3.63, 3.8) is 0 Å². The summed E-state index contributed by atoms with van der Waals surface area (Å²) < 4.78 is 0. The SMILES string of the molecule is C=C(C)CN(C)c1ccc(CO)c(C)c1. The van der Waals surface area contributed by atoms with Gasteiger partial charge in [0.25, 0.3) is 0 Å². The Balaban J connectivity index is 2.87. The number of anilines is 1. The fraction of sp³-hybridized carbons (Fsp3) is 0.385. The number of likely N-dealkylation sites (N-methyl/N-ethyl adjacent to an activating group) is 1. The lowest BCUT2D eigenvalue weighted by molar-refractivity contribution is 0.281. The number of aliphatic hydroxyl groups is 1. The van der Waals surface area contributed by atoms with Crippen LogP contribution in [0.25, 0.3) is 0 Å². The fourth-order valence-corrected chi connectivity index (χ4v) is 1.59. The average molecular weight is 205 g/mol. The van der Waals surface area contributed by atoms with Crippen molar-refractivity contribution in [1.29, 1.82) is 0 Å². The smallest absolute Gasteiger partial charge is 0.0684 e. The third-order valence-electron chi connectivity index (χ3n) is 2.44. The Morgan fingerprint density at radius 2 is 2.13 bits per heavy atom. The molecule has 0 unspecified atom stereocenters. The minimum Gasteiger partial charge on any atom is -0.392 e. The first-order valence-corrected chi connectivity index (χ1v) is 5.10. The maximum absolute atomic E-state index is 9.07. The van der Waals surface area contributed by atoms with Crippen LogP contribution in [-0.4, -0.2) is 18.7 Å². The van der Waals surface area contributed by atoms with Crippen LogP contribution in [0.4, 0.5) is 5.69 Å². The van der Waals surface area contributed by atoms with E-state index in [-0.39, 0.29) is 6.61 Å². The molecule has 1 aromatic rings. The van der Waals surface area contributed by atoms with Gasteiger partial charge < -0.3 is 10.0 Å². The van der Waals surface area contributed by atoms with Gasteiger partial charge in [-0.1, -0.05) is 18.2 Å². The summed E-state index contributed by atoms with van der Waals surface area (Å²) in [7, 11) is 2.04. The van der Waals surface area contributed by atoms with Gasteiger partial charge in [0, 0.05) is 19.3 Å². The Kier molecular flexibility index (Phi) is 3.92. The van der Waals surface area contributed by atoms with Gasteiger partial charge in [-0.15, -0.1) is 0 Å². The highest BCUT2D eigenvalue weighted by molar-refractivity contribution is 5.50. The molecule has 0 saturated heterocycles. The second-order valence-electron chi connectivity index (χ2n) is 4.08. The first kappa shape index (κ1) is 11.8. The van der Waals surface area contributed by atoms with Crippen molar-refractivity contribution < 1.29 is 5.11 Å². The van der Waals surface area contributed by atoms with Crippen LogP contribution in [0.3, 0.4) is 0 Å². The molecule has 0 radical (unpaired) electrons. The highest BCUT2D eigenvalue weighted by Gasteiger charge is 2.03. The Labute approximate surface area is 91.9 Å². The van der Waals surface area contributed by atoms with E-state index in [1.807, 2.05) is 33.0 Å². The number of rotatable bonds is 4. The van der Waals surface area contributed by atoms with Crippen molar-refractivity contribution in [1.82, 2.24) is 0 Å². The first-order chi connectivity index (χ1) is 7.04. The van der Waals surface area contributed by atoms with E-state index in [1.165, 1.54) is 0 Å². The molecule has 0 saturated carbocycles. The standard InChI is InChI=1S/C13H19NO/c1-10(2)8-14(4)13-6-5-12(9-15)11(3)7-13/h5-7,15H,1,8-9H2,2-4H3. The third-order valence-corrected chi connectivity index (χ3v) is 2.44. The quantitative estimate of drug-likeness (QED) is 0.763. The summed E-state index contributed by atoms with van der Waals surface area (Å²) in [6, 6.07) is 6.09. The van der Waals surface area contributed by atoms with Crippen molar-refractivity contribution in [2.45, 2.75) is 20.5 Å². The molecule has 0 aromatic heterocycles. The zero-order valence-corrected chi connectivity index (χ0v) is 9.75. The van der Waals surface area contributed by atoms with Crippen LogP contribution >= 0.6 is 0 Å². The Morgan fingerprint density at radius 3 is 2.60 bits per heavy atom. The predicted octanol–water partition coefficient (Wildman–Crippen LogP) is 2.50. The third kappa shape index (κ3) is 3.10. The van der Waals surface area contributed by atoms with Gasteiger partial charge in [-0.3, -0.25) is 0 Å². The average Bonchev–Trinajstić information content (AvgIpc) is 2.16. The van der Waals surface area contributed by atoms with Gasteiger partial charge in [-0.25, -0.2) is 0 Å². The minimum absolute atomic E-state index is 0.107. The van der Waals surface area contributed by atoms with Gasteiger partial charge in [-0.05, 0) is 37.1 Å². The molecule has 2 nitrogen and oxygen atoms in total. The van der Waals surface area contributed by atoms with Crippen LogP contribution in [0.2, 0.25) is 0 Å². The van der Waals surface area contributed by atoms with Crippen molar-refractivity contribution in [3.8, 4) is 0 Å². The normalized spacial score (nSPS) is 10.1. The van der Waals surface area contributed by atoms with Crippen LogP contribution in [0.1, 0.15) is 18.1 Å². The van der Waals surface area contributed by atoms with Gasteiger partial charge >= 0.3 is 0 Å². The second-order valence-corrected chi connectivity index (χ2v) is 4.08. The van der Waals surface area contributed by atoms with E-state index in [2.05, 4.69) is 17.5 Å². The largest absolute Gasteiger partial charge is 0.392 e. The number of aryl methyl sites for hydroxylation is 1. The molecule has 0 heterocycles. The monoisotopic (exact) mass is 205 g/mol. The summed E-state index contributed by atoms with van der Waals surface area (Å²) in [5.41, 5.74) is 4.42. The molecule has 15 heavy (non-hydrogen) atoms. The fourth-order valence-electron chi connectivity index (χ4n) is 1.59. The van der Waals surface area contributed by atoms with Gasteiger partial charge in [0.05, 0.1) is 6.61 Å². The van der Waals surface area contributed by atoms with Gasteiger partial charge in [0.15, 0.2) is 0 Å². The van der Waals surface area contributed by atoms with Gasteiger partial charge in [0.2, 0.25) is 0 Å². The molecule has 82 valence electrons. The number of hydrogen-bond donors (Lipinski definition) is 1. The van der Waals surface area contributed by atoms with E-state index in [0.717, 1.165) is 28.9 Å². The summed E-state index contributed by atoms with van der Waals surface area (Å²) in [4.78, 5) is 2.15. The molecule has 1 rings (SSSR count). The molecule has 0 aliphatic heterocycles. The van der Waals surface area contributed by atoms with E-state index in [4.69, 9.17) is 5.11 Å². The highest BCUT2D eigenvalue weighted by atomic mass is 16.3. The maximum Gasteiger partial charge on any atom is 0.0684 e. The molecule has 1 N–H and O–H groups in total. The van der Waals surface area contributed by atoms with Crippen molar-refractivity contribution in [2.75, 3.05) is 18.5 Å². The van der Waals surface area contributed by atoms with Crippen molar-refractivity contribution in [2.24, 2.45) is 0 Å². The minimum atomic E-state index is 0.107. The second kappa shape index (κ2) is 4.99. The number of aliphatic hydroxyl groups excluding tert-OH is 1. The predicted molar refractivity (Wildman–Crippen MR) is 65.2 cm³/mol. The van der Waals surface area contributed by atoms with Crippen LogP contribution in [0.5, 0.6) is 0 Å². The molecule has 0 atom stereocenters. The maximum atomic E-state index is 9.07. The van der Waals surface area contributed by atoms with Crippen LogP contribution in [0.15, 0.2) is 30.4 Å². The van der Waals surface area contributed by atoms with Crippen LogP contribution in [0, 0.1) is 6.92 Å². The Morgan fingerprint density at radius 1 is 1.47 bits per heavy atom. The van der Waals surface area contributed by atoms with Crippen LogP contribution < -0.4 is 4.90 Å². The summed E-state index contributed by atoms with van der Waals surface area (Å²) in [5.74, 6) is 0. The zero-order valence-electron chi connectivity index (χ0n) is 9.75. The Hall–Kier alpha value is -1.28. The molecular formula is C13H19NO.